The van der Waals surface area contributed by atoms with Gasteiger partial charge in [-0.15, -0.1) is 0 Å². The number of rotatable bonds is 4. The zero-order chi connectivity index (χ0) is 13.8. The molecule has 0 bridgehead atoms. The number of amides is 1. The zero-order valence-corrected chi connectivity index (χ0v) is 10.3. The third kappa shape index (κ3) is 3.29. The van der Waals surface area contributed by atoms with Gasteiger partial charge in [-0.1, -0.05) is 0 Å². The molecule has 0 spiro atoms. The lowest BCUT2D eigenvalue weighted by atomic mass is 10.2. The monoisotopic (exact) mass is 262 g/mol. The maximum absolute atomic E-state index is 11.8. The third-order valence-electron chi connectivity index (χ3n) is 2.31. The number of aliphatic hydroxyl groups excluding tert-OH is 1. The quantitative estimate of drug-likeness (QED) is 0.736. The molecule has 1 unspecified atom stereocenters. The molecule has 2 heterocycles. The second kappa shape index (κ2) is 5.49. The summed E-state index contributed by atoms with van der Waals surface area (Å²) >= 11 is 0. The number of hydrogen-bond donors (Lipinski definition) is 3. The van der Waals surface area contributed by atoms with Gasteiger partial charge >= 0.3 is 0 Å². The zero-order valence-electron chi connectivity index (χ0n) is 10.3. The molecule has 2 rings (SSSR count). The van der Waals surface area contributed by atoms with Gasteiger partial charge in [-0.25, -0.2) is 9.97 Å². The van der Waals surface area contributed by atoms with E-state index in [-0.39, 0.29) is 18.2 Å². The number of carbonyl (C=O) groups excluding carboxylic acids is 1. The van der Waals surface area contributed by atoms with Crippen LogP contribution in [0.25, 0.3) is 11.5 Å². The van der Waals surface area contributed by atoms with Crippen molar-refractivity contribution in [3.63, 3.8) is 0 Å². The summed E-state index contributed by atoms with van der Waals surface area (Å²) in [7, 11) is 0. The van der Waals surface area contributed by atoms with Crippen molar-refractivity contribution < 1.29 is 14.3 Å². The maximum Gasteiger partial charge on any atom is 0.270 e. The Kier molecular flexibility index (Phi) is 3.76. The molecule has 0 saturated carbocycles. The molecule has 7 heteroatoms. The fourth-order valence-electron chi connectivity index (χ4n) is 1.46. The minimum atomic E-state index is -0.632. The van der Waals surface area contributed by atoms with Gasteiger partial charge in [0, 0.05) is 6.54 Å². The molecule has 0 aliphatic heterocycles. The molecule has 100 valence electrons. The van der Waals surface area contributed by atoms with E-state index in [0.29, 0.717) is 11.5 Å². The first-order valence-electron chi connectivity index (χ1n) is 5.71. The van der Waals surface area contributed by atoms with Gasteiger partial charge in [-0.2, -0.15) is 0 Å². The van der Waals surface area contributed by atoms with E-state index in [4.69, 9.17) is 15.3 Å². The van der Waals surface area contributed by atoms with E-state index in [1.54, 1.807) is 19.1 Å². The number of anilines is 1. The molecule has 0 aliphatic rings. The summed E-state index contributed by atoms with van der Waals surface area (Å²) in [6, 6.07) is 4.90. The highest BCUT2D eigenvalue weighted by Crippen LogP contribution is 2.18. The number of nitrogens with two attached hydrogens (primary N) is 1. The fourth-order valence-corrected chi connectivity index (χ4v) is 1.46. The number of nitrogens with one attached hydrogen (secondary N) is 1. The van der Waals surface area contributed by atoms with Gasteiger partial charge in [0.05, 0.1) is 12.4 Å². The van der Waals surface area contributed by atoms with Gasteiger partial charge < -0.3 is 20.6 Å². The van der Waals surface area contributed by atoms with Crippen LogP contribution in [0, 0.1) is 0 Å². The number of nitrogens with zero attached hydrogens (tertiary/aromatic N) is 2. The number of furan rings is 1. The SMILES string of the molecule is CC(O)CNC(=O)c1cc(-c2ccco2)nc(N)n1. The molecule has 0 saturated heterocycles. The first kappa shape index (κ1) is 13.0. The van der Waals surface area contributed by atoms with Crippen molar-refractivity contribution in [3.05, 3.63) is 30.2 Å². The molecule has 0 fully saturated rings. The third-order valence-corrected chi connectivity index (χ3v) is 2.31. The predicted octanol–water partition coefficient (Wildman–Crippen LogP) is 0.429. The van der Waals surface area contributed by atoms with Crippen LogP contribution >= 0.6 is 0 Å². The molecule has 2 aromatic rings. The Morgan fingerprint density at radius 3 is 3.00 bits per heavy atom. The number of nitrogen functional groups attached to an aromatic ring is 1. The van der Waals surface area contributed by atoms with E-state index in [2.05, 4.69) is 15.3 Å². The lowest BCUT2D eigenvalue weighted by Gasteiger charge is -2.07. The van der Waals surface area contributed by atoms with E-state index in [0.717, 1.165) is 0 Å². The smallest absolute Gasteiger partial charge is 0.270 e. The number of aromatic nitrogens is 2. The van der Waals surface area contributed by atoms with Crippen LogP contribution in [0.4, 0.5) is 5.95 Å². The molecule has 1 atom stereocenters. The molecule has 4 N–H and O–H groups in total. The molecule has 0 aromatic carbocycles. The Bertz CT molecular complexity index is 566. The molecular formula is C12H14N4O3. The lowest BCUT2D eigenvalue weighted by Crippen LogP contribution is -2.31. The van der Waals surface area contributed by atoms with Crippen LogP contribution < -0.4 is 11.1 Å². The Balaban J connectivity index is 2.24. The maximum atomic E-state index is 11.8. The molecule has 0 aliphatic carbocycles. The lowest BCUT2D eigenvalue weighted by molar-refractivity contribution is 0.0919. The highest BCUT2D eigenvalue weighted by molar-refractivity contribution is 5.93. The Hall–Kier alpha value is -2.41. The Morgan fingerprint density at radius 2 is 2.37 bits per heavy atom. The number of hydrogen-bond acceptors (Lipinski definition) is 6. The topological polar surface area (TPSA) is 114 Å². The molecule has 19 heavy (non-hydrogen) atoms. The van der Waals surface area contributed by atoms with Crippen molar-refractivity contribution in [1.29, 1.82) is 0 Å². The van der Waals surface area contributed by atoms with Gasteiger partial charge in [0.2, 0.25) is 5.95 Å². The number of aliphatic hydroxyl groups is 1. The molecule has 7 nitrogen and oxygen atoms in total. The highest BCUT2D eigenvalue weighted by Gasteiger charge is 2.13. The van der Waals surface area contributed by atoms with E-state index in [1.807, 2.05) is 0 Å². The van der Waals surface area contributed by atoms with Crippen molar-refractivity contribution >= 4 is 11.9 Å². The molecule has 2 aromatic heterocycles. The Morgan fingerprint density at radius 1 is 1.58 bits per heavy atom. The van der Waals surface area contributed by atoms with E-state index >= 15 is 0 Å². The standard InChI is InChI=1S/C12H14N4O3/c1-7(17)6-14-11(18)9-5-8(15-12(13)16-9)10-3-2-4-19-10/h2-5,7,17H,6H2,1H3,(H,14,18)(H2,13,15,16). The van der Waals surface area contributed by atoms with Crippen LogP contribution in [-0.4, -0.2) is 33.6 Å². The van der Waals surface area contributed by atoms with Crippen molar-refractivity contribution in [2.45, 2.75) is 13.0 Å². The largest absolute Gasteiger partial charge is 0.463 e. The first-order chi connectivity index (χ1) is 9.06. The van der Waals surface area contributed by atoms with Gasteiger partial charge in [0.25, 0.3) is 5.91 Å². The molecule has 0 radical (unpaired) electrons. The number of carbonyl (C=O) groups is 1. The second-order valence-corrected chi connectivity index (χ2v) is 4.03. The first-order valence-corrected chi connectivity index (χ1v) is 5.71. The van der Waals surface area contributed by atoms with E-state index in [1.165, 1.54) is 12.3 Å². The van der Waals surface area contributed by atoms with Crippen molar-refractivity contribution in [2.75, 3.05) is 12.3 Å². The summed E-state index contributed by atoms with van der Waals surface area (Å²) in [5.74, 6) is 0.0533. The average Bonchev–Trinajstić information content (AvgIpc) is 2.89. The van der Waals surface area contributed by atoms with Gasteiger partial charge in [-0.3, -0.25) is 4.79 Å². The molecular weight excluding hydrogens is 248 g/mol. The summed E-state index contributed by atoms with van der Waals surface area (Å²) in [5.41, 5.74) is 6.12. The minimum Gasteiger partial charge on any atom is -0.463 e. The van der Waals surface area contributed by atoms with Crippen LogP contribution in [0.2, 0.25) is 0 Å². The Labute approximate surface area is 109 Å². The summed E-state index contributed by atoms with van der Waals surface area (Å²) in [4.78, 5) is 19.7. The van der Waals surface area contributed by atoms with E-state index < -0.39 is 12.0 Å². The van der Waals surface area contributed by atoms with Gasteiger partial charge in [0.1, 0.15) is 11.4 Å². The normalized spacial score (nSPS) is 12.1. The molecule has 1 amide bonds. The summed E-state index contributed by atoms with van der Waals surface area (Å²) in [5, 5.41) is 11.7. The highest BCUT2D eigenvalue weighted by atomic mass is 16.3. The predicted molar refractivity (Wildman–Crippen MR) is 68.2 cm³/mol. The van der Waals surface area contributed by atoms with Crippen molar-refractivity contribution in [1.82, 2.24) is 15.3 Å². The minimum absolute atomic E-state index is 0.0175. The summed E-state index contributed by atoms with van der Waals surface area (Å²) < 4.78 is 5.19. The summed E-state index contributed by atoms with van der Waals surface area (Å²) in [6.45, 7) is 1.71. The van der Waals surface area contributed by atoms with Crippen LogP contribution in [0.3, 0.4) is 0 Å². The van der Waals surface area contributed by atoms with E-state index in [9.17, 15) is 4.79 Å². The van der Waals surface area contributed by atoms with Crippen LogP contribution in [0.15, 0.2) is 28.9 Å². The average molecular weight is 262 g/mol. The van der Waals surface area contributed by atoms with Gasteiger partial charge in [0.15, 0.2) is 5.76 Å². The van der Waals surface area contributed by atoms with Crippen molar-refractivity contribution in [2.24, 2.45) is 0 Å². The van der Waals surface area contributed by atoms with Crippen molar-refractivity contribution in [3.8, 4) is 11.5 Å². The van der Waals surface area contributed by atoms with Gasteiger partial charge in [-0.05, 0) is 25.1 Å². The van der Waals surface area contributed by atoms with Crippen LogP contribution in [0.5, 0.6) is 0 Å². The van der Waals surface area contributed by atoms with Crippen LogP contribution in [-0.2, 0) is 0 Å². The second-order valence-electron chi connectivity index (χ2n) is 4.03. The van der Waals surface area contributed by atoms with Crippen LogP contribution in [0.1, 0.15) is 17.4 Å². The fraction of sp³-hybridized carbons (Fsp3) is 0.250. The summed E-state index contributed by atoms with van der Waals surface area (Å²) in [6.07, 6.45) is 0.869.